The molecular formula is C16H21N3O3S. The average molecular weight is 335 g/mol. The van der Waals surface area contributed by atoms with Crippen LogP contribution in [0.2, 0.25) is 0 Å². The summed E-state index contributed by atoms with van der Waals surface area (Å²) in [7, 11) is -3.16. The van der Waals surface area contributed by atoms with Gasteiger partial charge in [0, 0.05) is 17.5 Å². The van der Waals surface area contributed by atoms with Crippen molar-refractivity contribution < 1.29 is 13.2 Å². The van der Waals surface area contributed by atoms with Crippen molar-refractivity contribution in [3.8, 4) is 0 Å². The molecule has 1 heterocycles. The molecule has 0 unspecified atom stereocenters. The van der Waals surface area contributed by atoms with Crippen LogP contribution in [0.4, 0.5) is 5.69 Å². The number of anilines is 1. The van der Waals surface area contributed by atoms with Crippen LogP contribution in [0.1, 0.15) is 37.7 Å². The van der Waals surface area contributed by atoms with E-state index in [0.29, 0.717) is 5.69 Å². The molecule has 0 atom stereocenters. The highest BCUT2D eigenvalue weighted by Gasteiger charge is 2.28. The predicted octanol–water partition coefficient (Wildman–Crippen LogP) is 2.56. The highest BCUT2D eigenvalue weighted by molar-refractivity contribution is 7.92. The quantitative estimate of drug-likeness (QED) is 0.878. The van der Waals surface area contributed by atoms with Crippen LogP contribution >= 0.6 is 0 Å². The van der Waals surface area contributed by atoms with Crippen molar-refractivity contribution >= 4 is 32.3 Å². The number of H-pyrrole nitrogens is 1. The van der Waals surface area contributed by atoms with Crippen molar-refractivity contribution in [2.24, 2.45) is 0 Å². The molecule has 1 aromatic heterocycles. The Labute approximate surface area is 135 Å². The van der Waals surface area contributed by atoms with Gasteiger partial charge < -0.3 is 5.32 Å². The highest BCUT2D eigenvalue weighted by atomic mass is 32.2. The number of nitrogens with one attached hydrogen (secondary N) is 2. The number of benzene rings is 1. The number of hydrogen-bond donors (Lipinski definition) is 2. The second-order valence-corrected chi connectivity index (χ2v) is 8.60. The number of carbonyl (C=O) groups excluding carboxylic acids is 1. The maximum atomic E-state index is 12.2. The number of fused-ring (bicyclic) bond motifs is 1. The predicted molar refractivity (Wildman–Crippen MR) is 90.1 cm³/mol. The van der Waals surface area contributed by atoms with E-state index in [1.807, 2.05) is 19.1 Å². The van der Waals surface area contributed by atoms with Gasteiger partial charge in [0.25, 0.3) is 0 Å². The van der Waals surface area contributed by atoms with Crippen LogP contribution in [0.5, 0.6) is 0 Å². The number of aromatic amines is 1. The molecule has 1 amide bonds. The van der Waals surface area contributed by atoms with Gasteiger partial charge in [-0.1, -0.05) is 12.8 Å². The first-order valence-corrected chi connectivity index (χ1v) is 9.62. The van der Waals surface area contributed by atoms with Gasteiger partial charge in [-0.3, -0.25) is 9.89 Å². The van der Waals surface area contributed by atoms with E-state index >= 15 is 0 Å². The first-order chi connectivity index (χ1) is 11.0. The van der Waals surface area contributed by atoms with Gasteiger partial charge in [0.1, 0.15) is 0 Å². The van der Waals surface area contributed by atoms with Gasteiger partial charge >= 0.3 is 0 Å². The highest BCUT2D eigenvalue weighted by Crippen LogP contribution is 2.26. The Bertz CT molecular complexity index is 820. The molecule has 7 heteroatoms. The Morgan fingerprint density at radius 1 is 1.35 bits per heavy atom. The number of amides is 1. The molecule has 23 heavy (non-hydrogen) atoms. The summed E-state index contributed by atoms with van der Waals surface area (Å²) >= 11 is 0. The minimum absolute atomic E-state index is 0.00168. The summed E-state index contributed by atoms with van der Waals surface area (Å²) in [6, 6.07) is 3.75. The molecule has 1 aliphatic carbocycles. The molecule has 0 bridgehead atoms. The van der Waals surface area contributed by atoms with Crippen molar-refractivity contribution in [3.63, 3.8) is 0 Å². The van der Waals surface area contributed by atoms with Gasteiger partial charge in [-0.15, -0.1) is 0 Å². The Balaban J connectivity index is 1.63. The normalized spacial score (nSPS) is 16.0. The zero-order valence-corrected chi connectivity index (χ0v) is 13.9. The lowest BCUT2D eigenvalue weighted by atomic mass is 10.1. The van der Waals surface area contributed by atoms with Crippen LogP contribution in [-0.2, 0) is 14.6 Å². The smallest absolute Gasteiger partial charge is 0.225 e. The van der Waals surface area contributed by atoms with Crippen LogP contribution in [0, 0.1) is 6.92 Å². The Kier molecular flexibility index (Phi) is 4.39. The van der Waals surface area contributed by atoms with E-state index < -0.39 is 9.84 Å². The summed E-state index contributed by atoms with van der Waals surface area (Å²) in [5, 5.41) is 10.3. The number of rotatable bonds is 5. The van der Waals surface area contributed by atoms with E-state index in [1.54, 1.807) is 6.20 Å². The Morgan fingerprint density at radius 2 is 2.09 bits per heavy atom. The third kappa shape index (κ3) is 3.55. The monoisotopic (exact) mass is 335 g/mol. The third-order valence-electron chi connectivity index (χ3n) is 4.48. The molecule has 0 spiro atoms. The van der Waals surface area contributed by atoms with Gasteiger partial charge in [-0.25, -0.2) is 8.42 Å². The van der Waals surface area contributed by atoms with Gasteiger partial charge in [0.05, 0.1) is 22.7 Å². The molecule has 0 radical (unpaired) electrons. The molecule has 0 saturated heterocycles. The topological polar surface area (TPSA) is 91.9 Å². The van der Waals surface area contributed by atoms with Crippen LogP contribution in [0.15, 0.2) is 18.3 Å². The van der Waals surface area contributed by atoms with Crippen molar-refractivity contribution in [1.29, 1.82) is 0 Å². The molecule has 6 nitrogen and oxygen atoms in total. The lowest BCUT2D eigenvalue weighted by molar-refractivity contribution is -0.115. The molecule has 2 N–H and O–H groups in total. The molecular weight excluding hydrogens is 314 g/mol. The fourth-order valence-corrected chi connectivity index (χ4v) is 4.95. The zero-order chi connectivity index (χ0) is 16.4. The van der Waals surface area contributed by atoms with E-state index in [1.165, 1.54) is 0 Å². The zero-order valence-electron chi connectivity index (χ0n) is 13.1. The molecule has 1 saturated carbocycles. The summed E-state index contributed by atoms with van der Waals surface area (Å²) in [4.78, 5) is 12.1. The van der Waals surface area contributed by atoms with Gasteiger partial charge in [-0.05, 0) is 37.5 Å². The number of aryl methyl sites for hydroxylation is 1. The fourth-order valence-electron chi connectivity index (χ4n) is 3.10. The SMILES string of the molecule is Cc1cc2[nH]ncc2cc1NC(=O)CCS(=O)(=O)C1CCCC1. The van der Waals surface area contributed by atoms with E-state index in [9.17, 15) is 13.2 Å². The first kappa shape index (κ1) is 16.0. The maximum absolute atomic E-state index is 12.2. The van der Waals surface area contributed by atoms with E-state index in [4.69, 9.17) is 0 Å². The standard InChI is InChI=1S/C16H21N3O3S/c1-11-8-15-12(10-17-19-15)9-14(11)18-16(20)6-7-23(21,22)13-4-2-3-5-13/h8-10,13H,2-7H2,1H3,(H,17,19)(H,18,20). The Morgan fingerprint density at radius 3 is 2.83 bits per heavy atom. The van der Waals surface area contributed by atoms with Gasteiger partial charge in [-0.2, -0.15) is 5.10 Å². The number of nitrogens with zero attached hydrogens (tertiary/aromatic N) is 1. The molecule has 1 aromatic carbocycles. The van der Waals surface area contributed by atoms with E-state index in [0.717, 1.165) is 42.1 Å². The van der Waals surface area contributed by atoms with Crippen LogP contribution < -0.4 is 5.32 Å². The molecule has 1 fully saturated rings. The van der Waals surface area contributed by atoms with E-state index in [2.05, 4.69) is 15.5 Å². The summed E-state index contributed by atoms with van der Waals surface area (Å²) < 4.78 is 24.4. The number of aromatic nitrogens is 2. The maximum Gasteiger partial charge on any atom is 0.225 e. The van der Waals surface area contributed by atoms with Gasteiger partial charge in [0.2, 0.25) is 5.91 Å². The second-order valence-electron chi connectivity index (χ2n) is 6.20. The van der Waals surface area contributed by atoms with Crippen LogP contribution in [0.25, 0.3) is 10.9 Å². The minimum Gasteiger partial charge on any atom is -0.326 e. The summed E-state index contributed by atoms with van der Waals surface area (Å²) in [5.41, 5.74) is 2.51. The molecule has 124 valence electrons. The van der Waals surface area contributed by atoms with Crippen molar-refractivity contribution in [3.05, 3.63) is 23.9 Å². The molecule has 3 rings (SSSR count). The Hall–Kier alpha value is -1.89. The van der Waals surface area contributed by atoms with Crippen molar-refractivity contribution in [1.82, 2.24) is 10.2 Å². The largest absolute Gasteiger partial charge is 0.326 e. The van der Waals surface area contributed by atoms with Gasteiger partial charge in [0.15, 0.2) is 9.84 Å². The summed E-state index contributed by atoms with van der Waals surface area (Å²) in [6.07, 6.45) is 5.11. The summed E-state index contributed by atoms with van der Waals surface area (Å²) in [5.74, 6) is -0.339. The molecule has 1 aliphatic rings. The van der Waals surface area contributed by atoms with E-state index in [-0.39, 0.29) is 23.3 Å². The number of carbonyl (C=O) groups is 1. The first-order valence-electron chi connectivity index (χ1n) is 7.91. The summed E-state index contributed by atoms with van der Waals surface area (Å²) in [6.45, 7) is 1.89. The molecule has 0 aliphatic heterocycles. The van der Waals surface area contributed by atoms with Crippen LogP contribution in [-0.4, -0.2) is 35.5 Å². The molecule has 2 aromatic rings. The average Bonchev–Trinajstić information content (AvgIpc) is 3.16. The van der Waals surface area contributed by atoms with Crippen molar-refractivity contribution in [2.75, 3.05) is 11.1 Å². The minimum atomic E-state index is -3.16. The fraction of sp³-hybridized carbons (Fsp3) is 0.500. The number of hydrogen-bond acceptors (Lipinski definition) is 4. The third-order valence-corrected chi connectivity index (χ3v) is 6.74. The van der Waals surface area contributed by atoms with Crippen molar-refractivity contribution in [2.45, 2.75) is 44.3 Å². The lowest BCUT2D eigenvalue weighted by Crippen LogP contribution is -2.24. The van der Waals surface area contributed by atoms with Crippen LogP contribution in [0.3, 0.4) is 0 Å². The second kappa shape index (κ2) is 6.31. The number of sulfone groups is 1. The lowest BCUT2D eigenvalue weighted by Gasteiger charge is -2.12.